The summed E-state index contributed by atoms with van der Waals surface area (Å²) in [5.74, 6) is -0.995. The fraction of sp³-hybridized carbons (Fsp3) is 0.143. The zero-order valence-corrected chi connectivity index (χ0v) is 12.3. The van der Waals surface area contributed by atoms with Crippen molar-refractivity contribution in [1.82, 2.24) is 4.98 Å². The number of halogens is 1. The van der Waals surface area contributed by atoms with E-state index in [4.69, 9.17) is 16.3 Å². The number of rotatable bonds is 5. The van der Waals surface area contributed by atoms with Crippen molar-refractivity contribution in [2.75, 3.05) is 11.9 Å². The number of carbonyl (C=O) groups is 1. The average molecular weight is 322 g/mol. The van der Waals surface area contributed by atoms with E-state index in [0.29, 0.717) is 10.7 Å². The second kappa shape index (κ2) is 6.86. The van der Waals surface area contributed by atoms with Crippen LogP contribution in [0.5, 0.6) is 5.75 Å². The van der Waals surface area contributed by atoms with Crippen molar-refractivity contribution < 1.29 is 14.5 Å². The van der Waals surface area contributed by atoms with Gasteiger partial charge in [0.15, 0.2) is 6.61 Å². The van der Waals surface area contributed by atoms with E-state index in [1.54, 1.807) is 18.2 Å². The molecule has 0 saturated heterocycles. The highest BCUT2D eigenvalue weighted by molar-refractivity contribution is 6.33. The van der Waals surface area contributed by atoms with E-state index in [0.717, 1.165) is 5.56 Å². The summed E-state index contributed by atoms with van der Waals surface area (Å²) >= 11 is 6.00. The van der Waals surface area contributed by atoms with Gasteiger partial charge in [-0.15, -0.1) is 0 Å². The number of nitro groups is 1. The number of amides is 1. The molecular weight excluding hydrogens is 310 g/mol. The van der Waals surface area contributed by atoms with Crippen LogP contribution < -0.4 is 10.1 Å². The number of ether oxygens (including phenoxy) is 1. The lowest BCUT2D eigenvalue weighted by Crippen LogP contribution is -2.20. The lowest BCUT2D eigenvalue weighted by atomic mass is 10.2. The molecule has 2 aromatic rings. The fourth-order valence-corrected chi connectivity index (χ4v) is 1.97. The summed E-state index contributed by atoms with van der Waals surface area (Å²) in [6.45, 7) is 1.48. The summed E-state index contributed by atoms with van der Waals surface area (Å²) in [7, 11) is 0. The Morgan fingerprint density at radius 3 is 2.91 bits per heavy atom. The van der Waals surface area contributed by atoms with E-state index in [-0.39, 0.29) is 5.75 Å². The van der Waals surface area contributed by atoms with Crippen LogP contribution in [0.2, 0.25) is 5.02 Å². The van der Waals surface area contributed by atoms with Crippen LogP contribution in [0.4, 0.5) is 11.5 Å². The van der Waals surface area contributed by atoms with Crippen molar-refractivity contribution in [2.24, 2.45) is 0 Å². The van der Waals surface area contributed by atoms with Gasteiger partial charge in [-0.05, 0) is 46.7 Å². The van der Waals surface area contributed by atoms with Crippen molar-refractivity contribution >= 4 is 29.0 Å². The van der Waals surface area contributed by atoms with Crippen LogP contribution in [0.25, 0.3) is 0 Å². The molecule has 0 atom stereocenters. The van der Waals surface area contributed by atoms with Crippen LogP contribution in [0, 0.1) is 17.0 Å². The smallest absolute Gasteiger partial charge is 0.406 e. The van der Waals surface area contributed by atoms with Crippen LogP contribution in [0.3, 0.4) is 0 Å². The molecule has 0 radical (unpaired) electrons. The quantitative estimate of drug-likeness (QED) is 0.674. The van der Waals surface area contributed by atoms with E-state index in [9.17, 15) is 14.9 Å². The van der Waals surface area contributed by atoms with Crippen LogP contribution in [-0.4, -0.2) is 22.4 Å². The molecular formula is C14H12ClN3O4. The second-order valence-corrected chi connectivity index (χ2v) is 4.81. The van der Waals surface area contributed by atoms with Gasteiger partial charge in [0.1, 0.15) is 6.20 Å². The maximum Gasteiger partial charge on any atom is 0.406 e. The van der Waals surface area contributed by atoms with Crippen LogP contribution in [0.15, 0.2) is 36.5 Å². The Kier molecular flexibility index (Phi) is 4.90. The Balaban J connectivity index is 2.00. The Labute approximate surface area is 131 Å². The van der Waals surface area contributed by atoms with Gasteiger partial charge >= 0.3 is 5.82 Å². The molecule has 0 saturated carbocycles. The molecule has 2 rings (SSSR count). The first-order valence-electron chi connectivity index (χ1n) is 6.25. The zero-order chi connectivity index (χ0) is 16.1. The van der Waals surface area contributed by atoms with E-state index >= 15 is 0 Å². The number of hydrogen-bond acceptors (Lipinski definition) is 5. The summed E-state index contributed by atoms with van der Waals surface area (Å²) in [5, 5.41) is 13.8. The molecule has 22 heavy (non-hydrogen) atoms. The first kappa shape index (κ1) is 15.7. The van der Waals surface area contributed by atoms with Gasteiger partial charge in [0.25, 0.3) is 5.91 Å². The Bertz CT molecular complexity index is 721. The molecule has 0 spiro atoms. The molecule has 0 unspecified atom stereocenters. The number of aromatic nitrogens is 1. The molecule has 1 aromatic heterocycles. The molecule has 8 heteroatoms. The summed E-state index contributed by atoms with van der Waals surface area (Å²) in [6, 6.07) is 8.04. The van der Waals surface area contributed by atoms with Gasteiger partial charge in [-0.2, -0.15) is 0 Å². The van der Waals surface area contributed by atoms with E-state index in [2.05, 4.69) is 10.3 Å². The minimum absolute atomic E-state index is 0.0716. The predicted molar refractivity (Wildman–Crippen MR) is 81.2 cm³/mol. The van der Waals surface area contributed by atoms with Crippen LogP contribution >= 0.6 is 11.6 Å². The zero-order valence-electron chi connectivity index (χ0n) is 11.6. The number of aryl methyl sites for hydroxylation is 1. The number of anilines is 1. The third-order valence-electron chi connectivity index (χ3n) is 2.68. The highest BCUT2D eigenvalue weighted by Gasteiger charge is 2.17. The first-order chi connectivity index (χ1) is 10.5. The fourth-order valence-electron chi connectivity index (χ4n) is 1.68. The third kappa shape index (κ3) is 3.92. The van der Waals surface area contributed by atoms with E-state index in [1.165, 1.54) is 18.3 Å². The number of pyridine rings is 1. The molecule has 1 amide bonds. The molecule has 114 valence electrons. The summed E-state index contributed by atoms with van der Waals surface area (Å²) in [5.41, 5.74) is 1.41. The van der Waals surface area contributed by atoms with Gasteiger partial charge in [-0.25, -0.2) is 0 Å². The number of carbonyl (C=O) groups excluding carboxylic acids is 1. The van der Waals surface area contributed by atoms with Gasteiger partial charge in [0, 0.05) is 0 Å². The molecule has 7 nitrogen and oxygen atoms in total. The summed E-state index contributed by atoms with van der Waals surface area (Å²) in [4.78, 5) is 25.5. The van der Waals surface area contributed by atoms with E-state index < -0.39 is 23.3 Å². The molecule has 0 fully saturated rings. The van der Waals surface area contributed by atoms with Crippen LogP contribution in [0.1, 0.15) is 5.56 Å². The molecule has 1 N–H and O–H groups in total. The average Bonchev–Trinajstić information content (AvgIpc) is 2.48. The molecule has 0 aliphatic carbocycles. The van der Waals surface area contributed by atoms with Crippen LogP contribution in [-0.2, 0) is 4.79 Å². The molecule has 1 heterocycles. The normalized spacial score (nSPS) is 10.1. The summed E-state index contributed by atoms with van der Waals surface area (Å²) < 4.78 is 5.14. The lowest BCUT2D eigenvalue weighted by Gasteiger charge is -2.09. The topological polar surface area (TPSA) is 94.4 Å². The Hall–Kier alpha value is -2.67. The number of hydrogen-bond donors (Lipinski definition) is 1. The Morgan fingerprint density at radius 2 is 2.23 bits per heavy atom. The standard InChI is InChI=1S/C14H12ClN3O4/c1-9-4-5-11(10(15)7-9)17-13(19)8-22-12-3-2-6-16-14(12)18(20)21/h2-7H,8H2,1H3,(H,17,19). The number of nitrogens with zero attached hydrogens (tertiary/aromatic N) is 2. The van der Waals surface area contributed by atoms with Gasteiger partial charge in [-0.1, -0.05) is 17.7 Å². The van der Waals surface area contributed by atoms with Crippen molar-refractivity contribution in [3.63, 3.8) is 0 Å². The van der Waals surface area contributed by atoms with Gasteiger partial charge < -0.3 is 20.2 Å². The van der Waals surface area contributed by atoms with Crippen molar-refractivity contribution in [2.45, 2.75) is 6.92 Å². The van der Waals surface area contributed by atoms with Gasteiger partial charge in [0.05, 0.1) is 10.7 Å². The summed E-state index contributed by atoms with van der Waals surface area (Å²) in [6.07, 6.45) is 1.27. The maximum atomic E-state index is 11.8. The number of benzene rings is 1. The number of nitrogens with one attached hydrogen (secondary N) is 1. The molecule has 0 bridgehead atoms. The lowest BCUT2D eigenvalue weighted by molar-refractivity contribution is -0.390. The Morgan fingerprint density at radius 1 is 1.45 bits per heavy atom. The largest absolute Gasteiger partial charge is 0.476 e. The molecule has 1 aromatic carbocycles. The molecule has 0 aliphatic rings. The van der Waals surface area contributed by atoms with Gasteiger partial charge in [-0.3, -0.25) is 4.79 Å². The van der Waals surface area contributed by atoms with Crippen molar-refractivity contribution in [1.29, 1.82) is 0 Å². The highest BCUT2D eigenvalue weighted by Crippen LogP contribution is 2.24. The van der Waals surface area contributed by atoms with Crippen molar-refractivity contribution in [3.05, 3.63) is 57.2 Å². The minimum Gasteiger partial charge on any atom is -0.476 e. The minimum atomic E-state index is -0.677. The third-order valence-corrected chi connectivity index (χ3v) is 2.99. The predicted octanol–water partition coefficient (Wildman–Crippen LogP) is 2.97. The monoisotopic (exact) mass is 321 g/mol. The molecule has 0 aliphatic heterocycles. The van der Waals surface area contributed by atoms with Gasteiger partial charge in [0.2, 0.25) is 5.75 Å². The SMILES string of the molecule is Cc1ccc(NC(=O)COc2cccnc2[N+](=O)[O-])c(Cl)c1. The second-order valence-electron chi connectivity index (χ2n) is 4.40. The van der Waals surface area contributed by atoms with E-state index in [1.807, 2.05) is 6.92 Å². The first-order valence-corrected chi connectivity index (χ1v) is 6.63. The highest BCUT2D eigenvalue weighted by atomic mass is 35.5. The maximum absolute atomic E-state index is 11.8. The van der Waals surface area contributed by atoms with Crippen molar-refractivity contribution in [3.8, 4) is 5.75 Å².